The molecule has 3 rings (SSSR count). The van der Waals surface area contributed by atoms with Gasteiger partial charge in [-0.15, -0.1) is 0 Å². The van der Waals surface area contributed by atoms with Crippen LogP contribution in [0.2, 0.25) is 0 Å². The van der Waals surface area contributed by atoms with Crippen LogP contribution in [0.1, 0.15) is 44.7 Å². The number of benzene rings is 2. The fourth-order valence-electron chi connectivity index (χ4n) is 3.63. The highest BCUT2D eigenvalue weighted by Gasteiger charge is 2.48. The number of amides is 1. The van der Waals surface area contributed by atoms with Crippen LogP contribution in [0.3, 0.4) is 0 Å². The van der Waals surface area contributed by atoms with Crippen LogP contribution in [-0.2, 0) is 25.0 Å². The molecule has 2 aromatic carbocycles. The highest BCUT2D eigenvalue weighted by atomic mass is 32.2. The quantitative estimate of drug-likeness (QED) is 0.738. The zero-order chi connectivity index (χ0) is 20.7. The van der Waals surface area contributed by atoms with Crippen molar-refractivity contribution in [3.05, 3.63) is 65.7 Å². The van der Waals surface area contributed by atoms with E-state index < -0.39 is 27.8 Å². The van der Waals surface area contributed by atoms with Gasteiger partial charge in [0.2, 0.25) is 5.91 Å². The van der Waals surface area contributed by atoms with Crippen molar-refractivity contribution in [3.63, 3.8) is 0 Å². The van der Waals surface area contributed by atoms with Gasteiger partial charge in [0.25, 0.3) is 10.0 Å². The Morgan fingerprint density at radius 1 is 1.00 bits per heavy atom. The predicted molar refractivity (Wildman–Crippen MR) is 107 cm³/mol. The van der Waals surface area contributed by atoms with Crippen molar-refractivity contribution in [2.24, 2.45) is 5.92 Å². The van der Waals surface area contributed by atoms with Gasteiger partial charge in [-0.3, -0.25) is 9.59 Å². The van der Waals surface area contributed by atoms with E-state index in [0.29, 0.717) is 0 Å². The number of carbonyl (C=O) groups excluding carboxylic acids is 2. The molecule has 0 spiro atoms. The molecule has 1 aliphatic heterocycles. The number of nitrogens with zero attached hydrogens (tertiary/aromatic N) is 1. The zero-order valence-electron chi connectivity index (χ0n) is 16.5. The average molecular weight is 400 g/mol. The second-order valence-electron chi connectivity index (χ2n) is 8.25. The third-order valence-electron chi connectivity index (χ3n) is 5.25. The number of sulfonamides is 1. The third kappa shape index (κ3) is 3.61. The maximum atomic E-state index is 13.1. The lowest BCUT2D eigenvalue weighted by Crippen LogP contribution is -2.35. The van der Waals surface area contributed by atoms with E-state index in [1.807, 2.05) is 51.1 Å². The number of carbonyl (C=O) groups is 2. The molecular formula is C22H25NO4S. The standard InChI is InChI=1S/C22H25NO4S/c1-15(24)20-19(16-8-6-5-7-9-16)14-23(21(20)25)28(26,27)18-12-10-17(11-13-18)22(2,3)4/h5-13,19-20H,14H2,1-4H3/t19-,20-/m1/s1. The summed E-state index contributed by atoms with van der Waals surface area (Å²) >= 11 is 0. The summed E-state index contributed by atoms with van der Waals surface area (Å²) in [6.45, 7) is 7.44. The first-order chi connectivity index (χ1) is 13.0. The van der Waals surface area contributed by atoms with E-state index in [-0.39, 0.29) is 22.6 Å². The number of rotatable bonds is 4. The summed E-state index contributed by atoms with van der Waals surface area (Å²) in [6, 6.07) is 15.7. The largest absolute Gasteiger partial charge is 0.299 e. The molecule has 0 N–H and O–H groups in total. The van der Waals surface area contributed by atoms with Crippen LogP contribution >= 0.6 is 0 Å². The molecule has 1 amide bonds. The molecule has 0 unspecified atom stereocenters. The van der Waals surface area contributed by atoms with Crippen molar-refractivity contribution in [1.82, 2.24) is 4.31 Å². The van der Waals surface area contributed by atoms with Crippen molar-refractivity contribution in [2.45, 2.75) is 43.9 Å². The van der Waals surface area contributed by atoms with Gasteiger partial charge in [0, 0.05) is 12.5 Å². The fourth-order valence-corrected chi connectivity index (χ4v) is 5.07. The fraction of sp³-hybridized carbons (Fsp3) is 0.364. The molecule has 0 aliphatic carbocycles. The Morgan fingerprint density at radius 2 is 1.57 bits per heavy atom. The lowest BCUT2D eigenvalue weighted by atomic mass is 9.86. The number of hydrogen-bond donors (Lipinski definition) is 0. The van der Waals surface area contributed by atoms with Gasteiger partial charge < -0.3 is 0 Å². The zero-order valence-corrected chi connectivity index (χ0v) is 17.4. The Hall–Kier alpha value is -2.47. The molecule has 2 atom stereocenters. The summed E-state index contributed by atoms with van der Waals surface area (Å²) in [7, 11) is -4.03. The first-order valence-electron chi connectivity index (χ1n) is 9.26. The molecule has 28 heavy (non-hydrogen) atoms. The van der Waals surface area contributed by atoms with E-state index in [4.69, 9.17) is 0 Å². The van der Waals surface area contributed by atoms with E-state index in [1.54, 1.807) is 12.1 Å². The molecule has 0 radical (unpaired) electrons. The third-order valence-corrected chi connectivity index (χ3v) is 7.03. The number of Topliss-reactive ketones (excluding diaryl/α,β-unsaturated/α-hetero) is 1. The molecule has 148 valence electrons. The topological polar surface area (TPSA) is 71.5 Å². The summed E-state index contributed by atoms with van der Waals surface area (Å²) in [5.74, 6) is -2.43. The first kappa shape index (κ1) is 20.3. The van der Waals surface area contributed by atoms with Gasteiger partial charge in [-0.2, -0.15) is 0 Å². The number of hydrogen-bond acceptors (Lipinski definition) is 4. The van der Waals surface area contributed by atoms with E-state index >= 15 is 0 Å². The Morgan fingerprint density at radius 3 is 2.07 bits per heavy atom. The summed E-state index contributed by atoms with van der Waals surface area (Å²) in [5.41, 5.74) is 1.68. The van der Waals surface area contributed by atoms with Crippen LogP contribution in [0, 0.1) is 5.92 Å². The van der Waals surface area contributed by atoms with Gasteiger partial charge in [-0.1, -0.05) is 63.2 Å². The second-order valence-corrected chi connectivity index (χ2v) is 10.1. The minimum absolute atomic E-state index is 0.0313. The molecule has 1 heterocycles. The maximum absolute atomic E-state index is 13.1. The van der Waals surface area contributed by atoms with Gasteiger partial charge in [-0.25, -0.2) is 12.7 Å². The van der Waals surface area contributed by atoms with Crippen molar-refractivity contribution >= 4 is 21.7 Å². The Balaban J connectivity index is 1.98. The summed E-state index contributed by atoms with van der Waals surface area (Å²) in [4.78, 5) is 25.1. The average Bonchev–Trinajstić information content (AvgIpc) is 3.00. The van der Waals surface area contributed by atoms with Gasteiger partial charge >= 0.3 is 0 Å². The van der Waals surface area contributed by atoms with E-state index in [9.17, 15) is 18.0 Å². The van der Waals surface area contributed by atoms with Crippen molar-refractivity contribution < 1.29 is 18.0 Å². The predicted octanol–water partition coefficient (Wildman–Crippen LogP) is 3.50. The highest BCUT2D eigenvalue weighted by molar-refractivity contribution is 7.89. The van der Waals surface area contributed by atoms with Crippen molar-refractivity contribution in [3.8, 4) is 0 Å². The molecule has 0 bridgehead atoms. The minimum atomic E-state index is -4.03. The maximum Gasteiger partial charge on any atom is 0.266 e. The molecule has 0 saturated carbocycles. The Bertz CT molecular complexity index is 989. The molecule has 1 aliphatic rings. The highest BCUT2D eigenvalue weighted by Crippen LogP contribution is 2.37. The minimum Gasteiger partial charge on any atom is -0.299 e. The van der Waals surface area contributed by atoms with Gasteiger partial charge in [0.15, 0.2) is 0 Å². The summed E-state index contributed by atoms with van der Waals surface area (Å²) in [5, 5.41) is 0. The molecule has 1 fully saturated rings. The van der Waals surface area contributed by atoms with Gasteiger partial charge in [0.1, 0.15) is 11.7 Å². The normalized spacial score (nSPS) is 20.4. The van der Waals surface area contributed by atoms with Crippen LogP contribution in [0.15, 0.2) is 59.5 Å². The van der Waals surface area contributed by atoms with Crippen LogP contribution in [-0.4, -0.2) is 31.0 Å². The summed E-state index contributed by atoms with van der Waals surface area (Å²) < 4.78 is 27.2. The molecular weight excluding hydrogens is 374 g/mol. The van der Waals surface area contributed by atoms with Crippen LogP contribution in [0.5, 0.6) is 0 Å². The van der Waals surface area contributed by atoms with Gasteiger partial charge in [0.05, 0.1) is 4.90 Å². The smallest absolute Gasteiger partial charge is 0.266 e. The first-order valence-corrected chi connectivity index (χ1v) is 10.7. The van der Waals surface area contributed by atoms with E-state index in [1.165, 1.54) is 19.1 Å². The lowest BCUT2D eigenvalue weighted by Gasteiger charge is -2.21. The monoisotopic (exact) mass is 399 g/mol. The molecule has 5 nitrogen and oxygen atoms in total. The van der Waals surface area contributed by atoms with Crippen molar-refractivity contribution in [1.29, 1.82) is 0 Å². The summed E-state index contributed by atoms with van der Waals surface area (Å²) in [6.07, 6.45) is 0. The van der Waals surface area contributed by atoms with Gasteiger partial charge in [-0.05, 0) is 35.6 Å². The molecule has 0 aromatic heterocycles. The van der Waals surface area contributed by atoms with E-state index in [0.717, 1.165) is 15.4 Å². The molecule has 1 saturated heterocycles. The Labute approximate surface area is 166 Å². The lowest BCUT2D eigenvalue weighted by molar-refractivity contribution is -0.133. The number of ketones is 1. The van der Waals surface area contributed by atoms with Crippen LogP contribution in [0.4, 0.5) is 0 Å². The van der Waals surface area contributed by atoms with Crippen molar-refractivity contribution in [2.75, 3.05) is 6.54 Å². The van der Waals surface area contributed by atoms with E-state index in [2.05, 4.69) is 0 Å². The molecule has 2 aromatic rings. The molecule has 6 heteroatoms. The second kappa shape index (κ2) is 7.17. The SMILES string of the molecule is CC(=O)[C@H]1C(=O)N(S(=O)(=O)c2ccc(C(C)(C)C)cc2)C[C@@H]1c1ccccc1. The Kier molecular flexibility index (Phi) is 5.19. The van der Waals surface area contributed by atoms with Crippen LogP contribution in [0.25, 0.3) is 0 Å². The van der Waals surface area contributed by atoms with Crippen LogP contribution < -0.4 is 0 Å².